The number of rotatable bonds is 8. The fraction of sp³-hybridized carbons (Fsp3) is 0.553. The number of aliphatic hydroxyl groups excluding tert-OH is 1. The molecule has 1 spiro atoms. The zero-order valence-corrected chi connectivity index (χ0v) is 28.6. The van der Waals surface area contributed by atoms with E-state index >= 15 is 0 Å². The Morgan fingerprint density at radius 2 is 1.68 bits per heavy atom. The lowest BCUT2D eigenvalue weighted by atomic mass is 9.51. The second kappa shape index (κ2) is 10.9. The number of carbonyl (C=O) groups excluding carboxylic acids is 2. The molecule has 9 nitrogen and oxygen atoms in total. The molecular weight excluding hydrogens is 600 g/mol. The summed E-state index contributed by atoms with van der Waals surface area (Å²) >= 11 is 0. The quantitative estimate of drug-likeness (QED) is 0.209. The number of carbonyl (C=O) groups is 3. The number of hydrogen-bond acceptors (Lipinski definition) is 8. The van der Waals surface area contributed by atoms with Crippen LogP contribution in [0.1, 0.15) is 115 Å². The highest BCUT2D eigenvalue weighted by Gasteiger charge is 2.81. The molecule has 9 heteroatoms. The first-order chi connectivity index (χ1) is 21.9. The third-order valence-corrected chi connectivity index (χ3v) is 10.9. The van der Waals surface area contributed by atoms with Gasteiger partial charge in [-0.05, 0) is 81.1 Å². The maximum Gasteiger partial charge on any atom is 0.330 e. The summed E-state index contributed by atoms with van der Waals surface area (Å²) in [4.78, 5) is 40.9. The molecule has 1 aromatic rings. The minimum Gasteiger partial charge on any atom is -0.506 e. The lowest BCUT2D eigenvalue weighted by Gasteiger charge is -2.56. The highest BCUT2D eigenvalue weighted by molar-refractivity contribution is 6.18. The first kappa shape index (κ1) is 33.2. The van der Waals surface area contributed by atoms with Gasteiger partial charge in [-0.25, -0.2) is 4.79 Å². The summed E-state index contributed by atoms with van der Waals surface area (Å²) in [6.07, 6.45) is 8.28. The van der Waals surface area contributed by atoms with Gasteiger partial charge in [0.25, 0.3) is 0 Å². The van der Waals surface area contributed by atoms with Gasteiger partial charge in [0.05, 0.1) is 17.3 Å². The molecule has 3 aliphatic heterocycles. The lowest BCUT2D eigenvalue weighted by Crippen LogP contribution is -2.72. The van der Waals surface area contributed by atoms with Crippen molar-refractivity contribution in [2.75, 3.05) is 0 Å². The summed E-state index contributed by atoms with van der Waals surface area (Å²) in [7, 11) is 0. The van der Waals surface area contributed by atoms with Gasteiger partial charge in [-0.15, -0.1) is 0 Å². The van der Waals surface area contributed by atoms with Gasteiger partial charge in [-0.1, -0.05) is 35.5 Å². The largest absolute Gasteiger partial charge is 0.506 e. The number of hydrogen-bond donors (Lipinski definition) is 3. The van der Waals surface area contributed by atoms with Gasteiger partial charge in [0.2, 0.25) is 0 Å². The van der Waals surface area contributed by atoms with Gasteiger partial charge in [0.1, 0.15) is 28.4 Å². The Balaban J connectivity index is 1.60. The van der Waals surface area contributed by atoms with Crippen LogP contribution in [-0.2, 0) is 20.7 Å². The number of carboxylic acid groups (broad SMARTS) is 1. The maximum atomic E-state index is 14.8. The number of Topliss-reactive ketones (excluding diaryl/α,β-unsaturated/α-hetero) is 2. The minimum absolute atomic E-state index is 0.0497. The Morgan fingerprint density at radius 3 is 2.32 bits per heavy atom. The zero-order valence-electron chi connectivity index (χ0n) is 28.6. The predicted molar refractivity (Wildman–Crippen MR) is 175 cm³/mol. The van der Waals surface area contributed by atoms with Crippen LogP contribution in [0, 0.1) is 11.8 Å². The lowest BCUT2D eigenvalue weighted by molar-refractivity contribution is -0.171. The topological polar surface area (TPSA) is 140 Å². The number of benzene rings is 1. The van der Waals surface area contributed by atoms with Crippen molar-refractivity contribution in [3.8, 4) is 17.2 Å². The molecule has 47 heavy (non-hydrogen) atoms. The number of aliphatic carboxylic acids is 1. The van der Waals surface area contributed by atoms with E-state index in [9.17, 15) is 29.7 Å². The fourth-order valence-electron chi connectivity index (χ4n) is 8.64. The van der Waals surface area contributed by atoms with Gasteiger partial charge < -0.3 is 29.5 Å². The van der Waals surface area contributed by atoms with E-state index in [2.05, 4.69) is 6.08 Å². The normalized spacial score (nSPS) is 32.7. The van der Waals surface area contributed by atoms with Crippen LogP contribution < -0.4 is 9.47 Å². The molecule has 0 amide bonds. The van der Waals surface area contributed by atoms with Gasteiger partial charge in [-0.3, -0.25) is 9.59 Å². The molecule has 2 fully saturated rings. The predicted octanol–water partition coefficient (Wildman–Crippen LogP) is 6.65. The van der Waals surface area contributed by atoms with Crippen LogP contribution in [0.2, 0.25) is 0 Å². The number of aliphatic hydroxyl groups is 1. The van der Waals surface area contributed by atoms with E-state index < -0.39 is 52.1 Å². The summed E-state index contributed by atoms with van der Waals surface area (Å²) in [5.74, 6) is -2.90. The molecular formula is C38H46O9. The average molecular weight is 647 g/mol. The molecule has 4 bridgehead atoms. The molecule has 0 radical (unpaired) electrons. The number of allylic oxidation sites excluding steroid dienone is 5. The molecule has 3 unspecified atom stereocenters. The molecule has 6 aliphatic rings. The number of fused-ring (bicyclic) bond motifs is 2. The Bertz CT molecular complexity index is 1720. The number of phenols is 1. The molecule has 3 aliphatic carbocycles. The molecule has 1 saturated carbocycles. The van der Waals surface area contributed by atoms with E-state index in [0.717, 1.165) is 12.0 Å². The van der Waals surface area contributed by atoms with E-state index in [1.54, 1.807) is 6.08 Å². The molecule has 3 heterocycles. The SMILES string of the molecule is CC(C)=CCC[C@]1(C)CC(O)c2c(O)c3c(c(CC=C(C)C)c2O1)O[C@]12C(=C[C@@H]4CC1C(C)(C)OC2(C/C=C(\C)C(=O)O)C4=O)C3=O. The molecule has 0 aromatic heterocycles. The van der Waals surface area contributed by atoms with E-state index in [-0.39, 0.29) is 64.6 Å². The van der Waals surface area contributed by atoms with Gasteiger partial charge in [0, 0.05) is 41.4 Å². The molecule has 1 saturated heterocycles. The number of ether oxygens (including phenoxy) is 3. The van der Waals surface area contributed by atoms with Gasteiger partial charge in [0.15, 0.2) is 22.8 Å². The molecule has 6 atom stereocenters. The Kier molecular flexibility index (Phi) is 7.72. The highest BCUT2D eigenvalue weighted by Crippen LogP contribution is 2.69. The van der Waals surface area contributed by atoms with Crippen molar-refractivity contribution in [3.63, 3.8) is 0 Å². The number of phenolic OH excluding ortho intramolecular Hbond substituents is 1. The van der Waals surface area contributed by atoms with E-state index in [1.165, 1.54) is 18.6 Å². The van der Waals surface area contributed by atoms with Gasteiger partial charge in [-0.2, -0.15) is 0 Å². The zero-order chi connectivity index (χ0) is 34.4. The third kappa shape index (κ3) is 4.75. The van der Waals surface area contributed by atoms with Gasteiger partial charge >= 0.3 is 5.97 Å². The summed E-state index contributed by atoms with van der Waals surface area (Å²) < 4.78 is 20.6. The second-order valence-electron chi connectivity index (χ2n) is 15.3. The summed E-state index contributed by atoms with van der Waals surface area (Å²) in [6, 6.07) is 0. The molecule has 3 N–H and O–H groups in total. The van der Waals surface area contributed by atoms with Crippen LogP contribution in [0.4, 0.5) is 0 Å². The first-order valence-electron chi connectivity index (χ1n) is 16.5. The number of ketones is 2. The number of carboxylic acids is 1. The van der Waals surface area contributed by atoms with Crippen molar-refractivity contribution in [1.29, 1.82) is 0 Å². The van der Waals surface area contributed by atoms with Crippen molar-refractivity contribution in [2.24, 2.45) is 11.8 Å². The Hall–Kier alpha value is -3.69. The highest BCUT2D eigenvalue weighted by atomic mass is 16.6. The van der Waals surface area contributed by atoms with Crippen LogP contribution in [0.15, 0.2) is 46.6 Å². The van der Waals surface area contributed by atoms with Crippen LogP contribution in [0.5, 0.6) is 17.2 Å². The standard InChI is InChI=1S/C38H46O9/c1-19(2)10-9-14-36(8)18-25(39)27-30(41)28-29(40)24-16-22-17-26-35(6,7)47-37(33(22)42,15-13-21(5)34(43)44)38(24,26)46-32(28)23(31(27)45-36)12-11-20(3)4/h10-11,13,16,22,25-26,39,41H,9,12,14-15,17-18H2,1-8H3,(H,43,44)/b21-13+/t22-,25?,26?,36-,37?,38-/m1/s1. The van der Waals surface area contributed by atoms with Crippen molar-refractivity contribution in [3.05, 3.63) is 63.3 Å². The second-order valence-corrected chi connectivity index (χ2v) is 15.3. The summed E-state index contributed by atoms with van der Waals surface area (Å²) in [5.41, 5.74) is -1.83. The monoisotopic (exact) mass is 646 g/mol. The van der Waals surface area contributed by atoms with Crippen LogP contribution in [0.3, 0.4) is 0 Å². The van der Waals surface area contributed by atoms with E-state index in [4.69, 9.17) is 14.2 Å². The van der Waals surface area contributed by atoms with Crippen LogP contribution >= 0.6 is 0 Å². The summed E-state index contributed by atoms with van der Waals surface area (Å²) in [5, 5.41) is 33.0. The summed E-state index contributed by atoms with van der Waals surface area (Å²) in [6.45, 7) is 15.1. The third-order valence-electron chi connectivity index (χ3n) is 10.9. The van der Waals surface area contributed by atoms with Crippen molar-refractivity contribution >= 4 is 17.5 Å². The number of aromatic hydroxyl groups is 1. The smallest absolute Gasteiger partial charge is 0.330 e. The maximum absolute atomic E-state index is 14.8. The van der Waals surface area contributed by atoms with E-state index in [1.807, 2.05) is 54.5 Å². The average Bonchev–Trinajstić information content (AvgIpc) is 3.11. The minimum atomic E-state index is -1.67. The Morgan fingerprint density at radius 1 is 1.00 bits per heavy atom. The fourth-order valence-corrected chi connectivity index (χ4v) is 8.64. The van der Waals surface area contributed by atoms with Crippen LogP contribution in [0.25, 0.3) is 0 Å². The first-order valence-corrected chi connectivity index (χ1v) is 16.5. The molecule has 1 aromatic carbocycles. The molecule has 252 valence electrons. The molecule has 7 rings (SSSR count). The van der Waals surface area contributed by atoms with Crippen LogP contribution in [-0.4, -0.2) is 55.3 Å². The van der Waals surface area contributed by atoms with Crippen molar-refractivity contribution in [2.45, 2.75) is 122 Å². The Labute approximate surface area is 276 Å². The van der Waals surface area contributed by atoms with Crippen molar-refractivity contribution in [1.82, 2.24) is 0 Å². The van der Waals surface area contributed by atoms with E-state index in [0.29, 0.717) is 18.4 Å². The van der Waals surface area contributed by atoms with Crippen molar-refractivity contribution < 1.29 is 43.9 Å².